The van der Waals surface area contributed by atoms with Gasteiger partial charge < -0.3 is 15.7 Å². The van der Waals surface area contributed by atoms with Crippen molar-refractivity contribution >= 4 is 23.6 Å². The zero-order valence-electron chi connectivity index (χ0n) is 11.1. The van der Waals surface area contributed by atoms with Crippen LogP contribution in [0.1, 0.15) is 5.69 Å². The molecule has 108 valence electrons. The van der Waals surface area contributed by atoms with Crippen molar-refractivity contribution in [3.63, 3.8) is 0 Å². The van der Waals surface area contributed by atoms with E-state index in [1.165, 1.54) is 4.68 Å². The van der Waals surface area contributed by atoms with Crippen molar-refractivity contribution in [3.05, 3.63) is 11.9 Å². The van der Waals surface area contributed by atoms with E-state index in [1.54, 1.807) is 20.2 Å². The summed E-state index contributed by atoms with van der Waals surface area (Å²) in [6, 6.07) is -1.71. The third kappa shape index (κ3) is 2.71. The van der Waals surface area contributed by atoms with Crippen LogP contribution in [0, 0.1) is 6.92 Å². The standard InChI is InChI=1S/C11H15N5O4/c1-6-7(4-15(2)14-6)13-11(20)16-5-9(17)12-3-8(16)10(18)19/h4,8H,3,5H2,1-2H3,(H,12,17)(H,13,20)(H,18,19). The number of anilines is 1. The number of urea groups is 1. The molecule has 1 aromatic heterocycles. The second kappa shape index (κ2) is 5.19. The Morgan fingerprint density at radius 1 is 1.55 bits per heavy atom. The van der Waals surface area contributed by atoms with Crippen molar-refractivity contribution in [3.8, 4) is 0 Å². The summed E-state index contributed by atoms with van der Waals surface area (Å²) in [5.41, 5.74) is 1.09. The Labute approximate surface area is 114 Å². The molecule has 1 fully saturated rings. The van der Waals surface area contributed by atoms with Gasteiger partial charge in [-0.1, -0.05) is 0 Å². The SMILES string of the molecule is Cc1nn(C)cc1NC(=O)N1CC(=O)NCC1C(=O)O. The molecule has 20 heavy (non-hydrogen) atoms. The van der Waals surface area contributed by atoms with Gasteiger partial charge in [-0.15, -0.1) is 0 Å². The Morgan fingerprint density at radius 3 is 2.80 bits per heavy atom. The molecule has 1 aromatic rings. The van der Waals surface area contributed by atoms with Gasteiger partial charge in [0.2, 0.25) is 5.91 Å². The number of aromatic nitrogens is 2. The molecule has 3 amide bonds. The fourth-order valence-corrected chi connectivity index (χ4v) is 1.98. The van der Waals surface area contributed by atoms with Crippen molar-refractivity contribution in [2.24, 2.45) is 7.05 Å². The molecular formula is C11H15N5O4. The van der Waals surface area contributed by atoms with E-state index >= 15 is 0 Å². The molecule has 0 bridgehead atoms. The fourth-order valence-electron chi connectivity index (χ4n) is 1.98. The summed E-state index contributed by atoms with van der Waals surface area (Å²) in [4.78, 5) is 35.6. The predicted octanol–water partition coefficient (Wildman–Crippen LogP) is -0.855. The Kier molecular flexibility index (Phi) is 3.59. The van der Waals surface area contributed by atoms with Crippen LogP contribution >= 0.6 is 0 Å². The maximum atomic E-state index is 12.1. The lowest BCUT2D eigenvalue weighted by Gasteiger charge is -2.32. The minimum Gasteiger partial charge on any atom is -0.480 e. The first-order chi connectivity index (χ1) is 9.38. The lowest BCUT2D eigenvalue weighted by Crippen LogP contribution is -2.60. The van der Waals surface area contributed by atoms with E-state index in [-0.39, 0.29) is 19.0 Å². The van der Waals surface area contributed by atoms with E-state index in [0.717, 1.165) is 4.90 Å². The largest absolute Gasteiger partial charge is 0.480 e. The van der Waals surface area contributed by atoms with Crippen LogP contribution in [0.5, 0.6) is 0 Å². The minimum absolute atomic E-state index is 0.104. The molecule has 0 saturated carbocycles. The number of aliphatic carboxylic acids is 1. The van der Waals surface area contributed by atoms with Gasteiger partial charge in [0.25, 0.3) is 0 Å². The van der Waals surface area contributed by atoms with Crippen molar-refractivity contribution in [1.82, 2.24) is 20.0 Å². The van der Waals surface area contributed by atoms with Crippen molar-refractivity contribution in [1.29, 1.82) is 0 Å². The van der Waals surface area contributed by atoms with E-state index in [4.69, 9.17) is 5.11 Å². The van der Waals surface area contributed by atoms with Crippen LogP contribution in [-0.2, 0) is 16.6 Å². The lowest BCUT2D eigenvalue weighted by molar-refractivity contribution is -0.144. The maximum absolute atomic E-state index is 12.1. The number of carbonyl (C=O) groups excluding carboxylic acids is 2. The number of aryl methyl sites for hydroxylation is 2. The van der Waals surface area contributed by atoms with Gasteiger partial charge in [0.1, 0.15) is 12.6 Å². The number of nitrogens with zero attached hydrogens (tertiary/aromatic N) is 3. The van der Waals surface area contributed by atoms with Gasteiger partial charge in [-0.25, -0.2) is 9.59 Å². The molecule has 2 rings (SSSR count). The predicted molar refractivity (Wildman–Crippen MR) is 68.1 cm³/mol. The number of nitrogens with one attached hydrogen (secondary N) is 2. The molecule has 0 spiro atoms. The topological polar surface area (TPSA) is 117 Å². The molecule has 1 aliphatic heterocycles. The van der Waals surface area contributed by atoms with Crippen molar-refractivity contribution in [2.45, 2.75) is 13.0 Å². The second-order valence-electron chi connectivity index (χ2n) is 4.52. The van der Waals surface area contributed by atoms with Crippen LogP contribution < -0.4 is 10.6 Å². The maximum Gasteiger partial charge on any atom is 0.328 e. The third-order valence-electron chi connectivity index (χ3n) is 2.98. The number of carboxylic acid groups (broad SMARTS) is 1. The van der Waals surface area contributed by atoms with Crippen LogP contribution in [0.2, 0.25) is 0 Å². The molecule has 1 saturated heterocycles. The molecule has 9 heteroatoms. The molecule has 0 radical (unpaired) electrons. The summed E-state index contributed by atoms with van der Waals surface area (Å²) in [5.74, 6) is -1.55. The fraction of sp³-hybridized carbons (Fsp3) is 0.455. The van der Waals surface area contributed by atoms with Gasteiger partial charge in [0.15, 0.2) is 0 Å². The molecule has 9 nitrogen and oxygen atoms in total. The van der Waals surface area contributed by atoms with E-state index in [2.05, 4.69) is 15.7 Å². The van der Waals surface area contributed by atoms with Crippen LogP contribution in [0.25, 0.3) is 0 Å². The highest BCUT2D eigenvalue weighted by atomic mass is 16.4. The average Bonchev–Trinajstić information content (AvgIpc) is 2.67. The summed E-state index contributed by atoms with van der Waals surface area (Å²) >= 11 is 0. The van der Waals surface area contributed by atoms with E-state index in [9.17, 15) is 14.4 Å². The first-order valence-corrected chi connectivity index (χ1v) is 5.96. The Hall–Kier alpha value is -2.58. The quantitative estimate of drug-likeness (QED) is 0.652. The van der Waals surface area contributed by atoms with Crippen LogP contribution in [0.3, 0.4) is 0 Å². The van der Waals surface area contributed by atoms with Gasteiger partial charge in [-0.3, -0.25) is 14.4 Å². The minimum atomic E-state index is -1.16. The zero-order valence-corrected chi connectivity index (χ0v) is 11.1. The number of piperazine rings is 1. The molecule has 1 atom stereocenters. The summed E-state index contributed by atoms with van der Waals surface area (Å²) in [7, 11) is 1.71. The van der Waals surface area contributed by atoms with Crippen LogP contribution in [0.4, 0.5) is 10.5 Å². The number of rotatable bonds is 2. The Balaban J connectivity index is 2.15. The normalized spacial score (nSPS) is 18.6. The van der Waals surface area contributed by atoms with Gasteiger partial charge in [0, 0.05) is 19.8 Å². The monoisotopic (exact) mass is 281 g/mol. The molecule has 3 N–H and O–H groups in total. The van der Waals surface area contributed by atoms with E-state index in [0.29, 0.717) is 11.4 Å². The molecule has 0 aliphatic carbocycles. The zero-order chi connectivity index (χ0) is 14.9. The highest BCUT2D eigenvalue weighted by Gasteiger charge is 2.35. The number of hydrogen-bond acceptors (Lipinski definition) is 4. The van der Waals surface area contributed by atoms with Crippen molar-refractivity contribution in [2.75, 3.05) is 18.4 Å². The van der Waals surface area contributed by atoms with Gasteiger partial charge in [-0.05, 0) is 6.92 Å². The highest BCUT2D eigenvalue weighted by Crippen LogP contribution is 2.14. The van der Waals surface area contributed by atoms with Crippen molar-refractivity contribution < 1.29 is 19.5 Å². The molecular weight excluding hydrogens is 266 g/mol. The van der Waals surface area contributed by atoms with Gasteiger partial charge in [0.05, 0.1) is 11.4 Å². The summed E-state index contributed by atoms with van der Waals surface area (Å²) in [5, 5.41) is 18.1. The summed E-state index contributed by atoms with van der Waals surface area (Å²) in [6.45, 7) is 1.32. The number of carboxylic acids is 1. The van der Waals surface area contributed by atoms with E-state index in [1.807, 2.05) is 0 Å². The smallest absolute Gasteiger partial charge is 0.328 e. The first-order valence-electron chi connectivity index (χ1n) is 5.96. The molecule has 1 aliphatic rings. The highest BCUT2D eigenvalue weighted by molar-refractivity contribution is 5.96. The lowest BCUT2D eigenvalue weighted by atomic mass is 10.2. The molecule has 2 heterocycles. The number of hydrogen-bond donors (Lipinski definition) is 3. The number of amides is 3. The van der Waals surface area contributed by atoms with E-state index < -0.39 is 18.0 Å². The first kappa shape index (κ1) is 13.8. The summed E-state index contributed by atoms with van der Waals surface area (Å²) in [6.07, 6.45) is 1.60. The molecule has 1 unspecified atom stereocenters. The van der Waals surface area contributed by atoms with Crippen LogP contribution in [0.15, 0.2) is 6.20 Å². The third-order valence-corrected chi connectivity index (χ3v) is 2.98. The summed E-state index contributed by atoms with van der Waals surface area (Å²) < 4.78 is 1.53. The average molecular weight is 281 g/mol. The Morgan fingerprint density at radius 2 is 2.25 bits per heavy atom. The van der Waals surface area contributed by atoms with Gasteiger partial charge >= 0.3 is 12.0 Å². The molecule has 0 aromatic carbocycles. The van der Waals surface area contributed by atoms with Gasteiger partial charge in [-0.2, -0.15) is 5.10 Å². The Bertz CT molecular complexity index is 567. The van der Waals surface area contributed by atoms with Crippen LogP contribution in [-0.4, -0.2) is 56.8 Å². The number of carbonyl (C=O) groups is 3. The second-order valence-corrected chi connectivity index (χ2v) is 4.52.